The second-order valence-electron chi connectivity index (χ2n) is 5.69. The van der Waals surface area contributed by atoms with E-state index in [0.717, 1.165) is 25.6 Å². The molecule has 2 aliphatic heterocycles. The van der Waals surface area contributed by atoms with Crippen molar-refractivity contribution in [2.24, 2.45) is 10.9 Å². The zero-order valence-corrected chi connectivity index (χ0v) is 12.2. The first-order chi connectivity index (χ1) is 8.70. The Hall–Kier alpha value is -0.770. The number of nitrogens with zero attached hydrogens (tertiary/aromatic N) is 4. The molecule has 2 heterocycles. The number of aliphatic imine (C=N–C) groups is 1. The molecule has 0 atom stereocenters. The highest BCUT2D eigenvalue weighted by Crippen LogP contribution is 2.20. The minimum atomic E-state index is 0.919. The predicted octanol–water partition coefficient (Wildman–Crippen LogP) is 1.34. The average molecular weight is 252 g/mol. The van der Waals surface area contributed by atoms with Crippen molar-refractivity contribution in [2.45, 2.75) is 26.2 Å². The second-order valence-corrected chi connectivity index (χ2v) is 5.69. The van der Waals surface area contributed by atoms with Gasteiger partial charge < -0.3 is 14.7 Å². The summed E-state index contributed by atoms with van der Waals surface area (Å²) < 4.78 is 0. The molecule has 0 bridgehead atoms. The van der Waals surface area contributed by atoms with Crippen LogP contribution in [0.3, 0.4) is 0 Å². The van der Waals surface area contributed by atoms with Gasteiger partial charge >= 0.3 is 0 Å². The third-order valence-corrected chi connectivity index (χ3v) is 4.40. The Morgan fingerprint density at radius 2 is 2.00 bits per heavy atom. The molecule has 0 N–H and O–H groups in total. The maximum Gasteiger partial charge on any atom is 0.196 e. The van der Waals surface area contributed by atoms with Gasteiger partial charge in [-0.2, -0.15) is 0 Å². The van der Waals surface area contributed by atoms with Gasteiger partial charge in [0.2, 0.25) is 0 Å². The summed E-state index contributed by atoms with van der Waals surface area (Å²) in [4.78, 5) is 11.7. The highest BCUT2D eigenvalue weighted by atomic mass is 15.4. The lowest BCUT2D eigenvalue weighted by molar-refractivity contribution is 0.181. The molecule has 18 heavy (non-hydrogen) atoms. The van der Waals surface area contributed by atoms with Gasteiger partial charge in [0.1, 0.15) is 0 Å². The van der Waals surface area contributed by atoms with Gasteiger partial charge in [0, 0.05) is 27.2 Å². The number of hydrogen-bond acceptors (Lipinski definition) is 4. The summed E-state index contributed by atoms with van der Waals surface area (Å²) in [5.41, 5.74) is 0. The van der Waals surface area contributed by atoms with E-state index in [-0.39, 0.29) is 0 Å². The van der Waals surface area contributed by atoms with Crippen molar-refractivity contribution in [1.82, 2.24) is 14.7 Å². The number of hydrogen-bond donors (Lipinski definition) is 0. The Kier molecular flexibility index (Phi) is 4.87. The molecule has 0 unspecified atom stereocenters. The molecule has 1 saturated heterocycles. The summed E-state index contributed by atoms with van der Waals surface area (Å²) in [5, 5.41) is 0. The maximum absolute atomic E-state index is 4.57. The van der Waals surface area contributed by atoms with Gasteiger partial charge in [0.25, 0.3) is 0 Å². The Morgan fingerprint density at radius 3 is 2.56 bits per heavy atom. The van der Waals surface area contributed by atoms with Gasteiger partial charge in [0.15, 0.2) is 5.96 Å². The molecule has 0 aromatic heterocycles. The summed E-state index contributed by atoms with van der Waals surface area (Å²) in [5.74, 6) is 2.10. The van der Waals surface area contributed by atoms with Crippen molar-refractivity contribution >= 4 is 5.96 Å². The Labute approximate surface area is 112 Å². The SMILES string of the molecule is CCN1CCC(CCN(C)C2=NCCN2C)CC1. The van der Waals surface area contributed by atoms with Crippen LogP contribution < -0.4 is 0 Å². The van der Waals surface area contributed by atoms with Crippen LogP contribution in [-0.2, 0) is 0 Å². The van der Waals surface area contributed by atoms with Crippen molar-refractivity contribution in [1.29, 1.82) is 0 Å². The standard InChI is InChI=1S/C14H28N4/c1-4-18-10-6-13(7-11-18)5-9-16(2)14-15-8-12-17(14)3/h13H,4-12H2,1-3H3. The van der Waals surface area contributed by atoms with E-state index in [1.54, 1.807) is 0 Å². The van der Waals surface area contributed by atoms with Crippen molar-refractivity contribution in [3.8, 4) is 0 Å². The number of guanidine groups is 1. The van der Waals surface area contributed by atoms with E-state index in [1.165, 1.54) is 44.9 Å². The van der Waals surface area contributed by atoms with E-state index in [4.69, 9.17) is 0 Å². The monoisotopic (exact) mass is 252 g/mol. The molecule has 0 aromatic carbocycles. The number of piperidine rings is 1. The summed E-state index contributed by atoms with van der Waals surface area (Å²) >= 11 is 0. The Bertz CT molecular complexity index is 282. The molecule has 2 rings (SSSR count). The van der Waals surface area contributed by atoms with E-state index >= 15 is 0 Å². The zero-order chi connectivity index (χ0) is 13.0. The van der Waals surface area contributed by atoms with E-state index in [0.29, 0.717) is 0 Å². The molecule has 4 heteroatoms. The van der Waals surface area contributed by atoms with Crippen molar-refractivity contribution in [3.63, 3.8) is 0 Å². The van der Waals surface area contributed by atoms with Gasteiger partial charge in [-0.3, -0.25) is 4.99 Å². The normalized spacial score (nSPS) is 22.4. The van der Waals surface area contributed by atoms with E-state index in [1.807, 2.05) is 0 Å². The van der Waals surface area contributed by atoms with Crippen LogP contribution in [0.1, 0.15) is 26.2 Å². The minimum absolute atomic E-state index is 0.919. The fraction of sp³-hybridized carbons (Fsp3) is 0.929. The zero-order valence-electron chi connectivity index (χ0n) is 12.2. The quantitative estimate of drug-likeness (QED) is 0.754. The van der Waals surface area contributed by atoms with Crippen LogP contribution >= 0.6 is 0 Å². The molecule has 2 aliphatic rings. The third kappa shape index (κ3) is 3.37. The van der Waals surface area contributed by atoms with Crippen LogP contribution in [0.25, 0.3) is 0 Å². The maximum atomic E-state index is 4.57. The Morgan fingerprint density at radius 1 is 1.28 bits per heavy atom. The molecule has 0 aliphatic carbocycles. The number of rotatable bonds is 4. The van der Waals surface area contributed by atoms with Crippen LogP contribution in [0.5, 0.6) is 0 Å². The lowest BCUT2D eigenvalue weighted by atomic mass is 9.93. The van der Waals surface area contributed by atoms with Crippen molar-refractivity contribution in [2.75, 3.05) is 53.4 Å². The molecular formula is C14H28N4. The number of likely N-dealkylation sites (N-methyl/N-ethyl adjacent to an activating group) is 1. The molecular weight excluding hydrogens is 224 g/mol. The number of likely N-dealkylation sites (tertiary alicyclic amines) is 1. The topological polar surface area (TPSA) is 22.1 Å². The molecule has 0 radical (unpaired) electrons. The van der Waals surface area contributed by atoms with E-state index < -0.39 is 0 Å². The lowest BCUT2D eigenvalue weighted by Gasteiger charge is -2.32. The Balaban J connectivity index is 1.69. The summed E-state index contributed by atoms with van der Waals surface area (Å²) in [6, 6.07) is 0. The van der Waals surface area contributed by atoms with Crippen LogP contribution in [-0.4, -0.2) is 74.0 Å². The van der Waals surface area contributed by atoms with Gasteiger partial charge in [0.05, 0.1) is 6.54 Å². The minimum Gasteiger partial charge on any atom is -0.346 e. The molecule has 4 nitrogen and oxygen atoms in total. The molecule has 0 amide bonds. The van der Waals surface area contributed by atoms with Gasteiger partial charge in [-0.05, 0) is 44.8 Å². The van der Waals surface area contributed by atoms with Crippen molar-refractivity contribution < 1.29 is 0 Å². The molecule has 0 aromatic rings. The van der Waals surface area contributed by atoms with E-state index in [2.05, 4.69) is 40.7 Å². The lowest BCUT2D eigenvalue weighted by Crippen LogP contribution is -2.39. The van der Waals surface area contributed by atoms with Crippen LogP contribution in [0.15, 0.2) is 4.99 Å². The van der Waals surface area contributed by atoms with E-state index in [9.17, 15) is 0 Å². The predicted molar refractivity (Wildman–Crippen MR) is 77.0 cm³/mol. The molecule has 1 fully saturated rings. The summed E-state index contributed by atoms with van der Waals surface area (Å²) in [6.45, 7) is 9.27. The molecule has 104 valence electrons. The first-order valence-corrected chi connectivity index (χ1v) is 7.39. The highest BCUT2D eigenvalue weighted by molar-refractivity contribution is 5.81. The smallest absolute Gasteiger partial charge is 0.196 e. The van der Waals surface area contributed by atoms with Gasteiger partial charge in [-0.15, -0.1) is 0 Å². The average Bonchev–Trinajstić information content (AvgIpc) is 2.83. The van der Waals surface area contributed by atoms with Gasteiger partial charge in [-0.25, -0.2) is 0 Å². The fourth-order valence-electron chi connectivity index (χ4n) is 3.00. The second kappa shape index (κ2) is 6.41. The highest BCUT2D eigenvalue weighted by Gasteiger charge is 2.20. The third-order valence-electron chi connectivity index (χ3n) is 4.40. The molecule has 0 saturated carbocycles. The fourth-order valence-corrected chi connectivity index (χ4v) is 3.00. The van der Waals surface area contributed by atoms with Crippen LogP contribution in [0.2, 0.25) is 0 Å². The van der Waals surface area contributed by atoms with Crippen LogP contribution in [0, 0.1) is 5.92 Å². The largest absolute Gasteiger partial charge is 0.346 e. The first kappa shape index (κ1) is 13.7. The van der Waals surface area contributed by atoms with Gasteiger partial charge in [-0.1, -0.05) is 6.92 Å². The van der Waals surface area contributed by atoms with Crippen LogP contribution in [0.4, 0.5) is 0 Å². The summed E-state index contributed by atoms with van der Waals surface area (Å²) in [6.07, 6.45) is 4.08. The molecule has 0 spiro atoms. The summed E-state index contributed by atoms with van der Waals surface area (Å²) in [7, 11) is 4.32. The van der Waals surface area contributed by atoms with Crippen molar-refractivity contribution in [3.05, 3.63) is 0 Å². The first-order valence-electron chi connectivity index (χ1n) is 7.39.